The van der Waals surface area contributed by atoms with E-state index in [9.17, 15) is 4.79 Å². The molecule has 0 saturated carbocycles. The van der Waals surface area contributed by atoms with Crippen molar-refractivity contribution in [2.45, 2.75) is 59.0 Å². The second-order valence-electron chi connectivity index (χ2n) is 9.67. The van der Waals surface area contributed by atoms with Crippen molar-refractivity contribution in [3.8, 4) is 0 Å². The highest BCUT2D eigenvalue weighted by molar-refractivity contribution is 5.81. The number of rotatable bonds is 5. The largest absolute Gasteiger partial charge is 0.357 e. The molecule has 0 radical (unpaired) electrons. The Morgan fingerprint density at radius 2 is 1.88 bits per heavy atom. The van der Waals surface area contributed by atoms with Crippen molar-refractivity contribution in [2.75, 3.05) is 11.4 Å². The van der Waals surface area contributed by atoms with Crippen LogP contribution in [0.2, 0.25) is 0 Å². The number of H-pyrrole nitrogens is 1. The van der Waals surface area contributed by atoms with Gasteiger partial charge < -0.3 is 9.88 Å². The number of hydrogen-bond donors (Lipinski definition) is 1. The van der Waals surface area contributed by atoms with E-state index in [-0.39, 0.29) is 11.1 Å². The van der Waals surface area contributed by atoms with Gasteiger partial charge in [0.05, 0.1) is 5.54 Å². The lowest BCUT2D eigenvalue weighted by atomic mass is 9.98. The number of benzene rings is 2. The number of aryl methyl sites for hydroxylation is 2. The van der Waals surface area contributed by atoms with Gasteiger partial charge in [0.25, 0.3) is 5.56 Å². The number of anilines is 1. The molecule has 33 heavy (non-hydrogen) atoms. The van der Waals surface area contributed by atoms with Crippen LogP contribution < -0.4 is 10.5 Å². The zero-order chi connectivity index (χ0) is 23.3. The number of para-hydroxylation sites is 1. The first-order valence-electron chi connectivity index (χ1n) is 11.6. The molecule has 1 N–H and O–H groups in total. The van der Waals surface area contributed by atoms with Crippen molar-refractivity contribution in [1.29, 1.82) is 0 Å². The van der Waals surface area contributed by atoms with E-state index in [1.54, 1.807) is 0 Å². The summed E-state index contributed by atoms with van der Waals surface area (Å²) in [4.78, 5) is 18.9. The lowest BCUT2D eigenvalue weighted by Gasteiger charge is -2.32. The normalized spacial score (nSPS) is 14.6. The summed E-state index contributed by atoms with van der Waals surface area (Å²) in [5, 5.41) is 13.9. The van der Waals surface area contributed by atoms with Gasteiger partial charge >= 0.3 is 0 Å². The van der Waals surface area contributed by atoms with Crippen LogP contribution in [0.3, 0.4) is 0 Å². The van der Waals surface area contributed by atoms with Gasteiger partial charge in [-0.15, -0.1) is 5.10 Å². The van der Waals surface area contributed by atoms with Crippen LogP contribution in [0.15, 0.2) is 47.3 Å². The van der Waals surface area contributed by atoms with Gasteiger partial charge in [0.15, 0.2) is 5.82 Å². The van der Waals surface area contributed by atoms with E-state index in [1.165, 1.54) is 11.1 Å². The average Bonchev–Trinajstić information content (AvgIpc) is 3.44. The lowest BCUT2D eigenvalue weighted by Crippen LogP contribution is -2.37. The molecule has 7 heteroatoms. The first-order chi connectivity index (χ1) is 15.8. The first kappa shape index (κ1) is 21.4. The van der Waals surface area contributed by atoms with E-state index in [2.05, 4.69) is 84.3 Å². The molecule has 5 rings (SSSR count). The number of hydrogen-bond acceptors (Lipinski definition) is 5. The summed E-state index contributed by atoms with van der Waals surface area (Å²) in [7, 11) is 0. The van der Waals surface area contributed by atoms with Crippen LogP contribution in [0.4, 0.5) is 5.69 Å². The SMILES string of the molecule is CCC(C)(C)n1nnnc1[C@H](c1cc2cc(C)c(C)cc2[nH]c1=O)N1CCc2ccccc21. The number of aromatic amines is 1. The highest BCUT2D eigenvalue weighted by atomic mass is 16.1. The van der Waals surface area contributed by atoms with Gasteiger partial charge in [0.1, 0.15) is 6.04 Å². The van der Waals surface area contributed by atoms with Gasteiger partial charge in [-0.25, -0.2) is 4.68 Å². The van der Waals surface area contributed by atoms with Gasteiger partial charge in [0.2, 0.25) is 0 Å². The topological polar surface area (TPSA) is 79.7 Å². The summed E-state index contributed by atoms with van der Waals surface area (Å²) in [5.41, 5.74) is 5.87. The van der Waals surface area contributed by atoms with Crippen molar-refractivity contribution in [2.24, 2.45) is 0 Å². The molecular formula is C26H30N6O. The molecule has 170 valence electrons. The predicted molar refractivity (Wildman–Crippen MR) is 131 cm³/mol. The second-order valence-corrected chi connectivity index (χ2v) is 9.67. The average molecular weight is 443 g/mol. The Morgan fingerprint density at radius 1 is 1.12 bits per heavy atom. The Balaban J connectivity index is 1.76. The number of fused-ring (bicyclic) bond motifs is 2. The number of pyridine rings is 1. The molecule has 1 atom stereocenters. The number of aromatic nitrogens is 5. The van der Waals surface area contributed by atoms with Crippen LogP contribution in [-0.2, 0) is 12.0 Å². The molecule has 0 aliphatic carbocycles. The monoisotopic (exact) mass is 442 g/mol. The molecule has 0 bridgehead atoms. The van der Waals surface area contributed by atoms with Crippen molar-refractivity contribution >= 4 is 16.6 Å². The maximum atomic E-state index is 13.5. The van der Waals surface area contributed by atoms with Crippen molar-refractivity contribution in [3.05, 3.63) is 80.9 Å². The fourth-order valence-corrected chi connectivity index (χ4v) is 4.72. The standard InChI is InChI=1S/C26H30N6O/c1-6-26(4,5)32-24(28-29-30-32)23(31-12-11-18-9-7-8-10-22(18)31)20-15-19-13-16(2)17(3)14-21(19)27-25(20)33/h7-10,13-15,23H,6,11-12H2,1-5H3,(H,27,33)/t23-/m0/s1. The predicted octanol–water partition coefficient (Wildman–Crippen LogP) is 4.43. The van der Waals surface area contributed by atoms with Gasteiger partial charge in [-0.2, -0.15) is 0 Å². The zero-order valence-electron chi connectivity index (χ0n) is 19.9. The van der Waals surface area contributed by atoms with Crippen LogP contribution in [0.5, 0.6) is 0 Å². The summed E-state index contributed by atoms with van der Waals surface area (Å²) < 4.78 is 1.89. The minimum absolute atomic E-state index is 0.107. The van der Waals surface area contributed by atoms with E-state index < -0.39 is 6.04 Å². The Bertz CT molecular complexity index is 1400. The van der Waals surface area contributed by atoms with Gasteiger partial charge in [-0.3, -0.25) is 4.79 Å². The molecule has 3 heterocycles. The van der Waals surface area contributed by atoms with E-state index in [1.807, 2.05) is 22.9 Å². The molecule has 0 saturated heterocycles. The molecule has 0 unspecified atom stereocenters. The number of nitrogens with one attached hydrogen (secondary N) is 1. The lowest BCUT2D eigenvalue weighted by molar-refractivity contribution is 0.287. The second kappa shape index (κ2) is 7.83. The molecule has 2 aromatic carbocycles. The molecule has 0 spiro atoms. The fourth-order valence-electron chi connectivity index (χ4n) is 4.72. The molecule has 2 aromatic heterocycles. The Labute approximate surface area is 193 Å². The van der Waals surface area contributed by atoms with E-state index >= 15 is 0 Å². The van der Waals surface area contributed by atoms with Crippen molar-refractivity contribution in [3.63, 3.8) is 0 Å². The minimum atomic E-state index is -0.399. The van der Waals surface area contributed by atoms with E-state index in [0.29, 0.717) is 11.4 Å². The van der Waals surface area contributed by atoms with Crippen molar-refractivity contribution in [1.82, 2.24) is 25.2 Å². The minimum Gasteiger partial charge on any atom is -0.357 e. The summed E-state index contributed by atoms with van der Waals surface area (Å²) >= 11 is 0. The number of nitrogens with zero attached hydrogens (tertiary/aromatic N) is 5. The summed E-state index contributed by atoms with van der Waals surface area (Å²) in [6, 6.07) is 14.2. The third-order valence-electron chi connectivity index (χ3n) is 7.19. The highest BCUT2D eigenvalue weighted by Gasteiger charge is 2.36. The smallest absolute Gasteiger partial charge is 0.254 e. The summed E-state index contributed by atoms with van der Waals surface area (Å²) in [5.74, 6) is 0.687. The van der Waals surface area contributed by atoms with Crippen LogP contribution >= 0.6 is 0 Å². The third-order valence-corrected chi connectivity index (χ3v) is 7.19. The van der Waals surface area contributed by atoms with Crippen molar-refractivity contribution < 1.29 is 0 Å². The van der Waals surface area contributed by atoms with Crippen LogP contribution in [0.25, 0.3) is 10.9 Å². The maximum absolute atomic E-state index is 13.5. The highest BCUT2D eigenvalue weighted by Crippen LogP contribution is 2.38. The van der Waals surface area contributed by atoms with Gasteiger partial charge in [0, 0.05) is 23.3 Å². The van der Waals surface area contributed by atoms with E-state index in [4.69, 9.17) is 0 Å². The Hall–Kier alpha value is -3.48. The molecule has 7 nitrogen and oxygen atoms in total. The van der Waals surface area contributed by atoms with Gasteiger partial charge in [-0.05, 0) is 97.3 Å². The molecule has 4 aromatic rings. The van der Waals surface area contributed by atoms with Gasteiger partial charge in [-0.1, -0.05) is 25.1 Å². The zero-order valence-corrected chi connectivity index (χ0v) is 19.9. The Morgan fingerprint density at radius 3 is 2.67 bits per heavy atom. The maximum Gasteiger partial charge on any atom is 0.254 e. The fraction of sp³-hybridized carbons (Fsp3) is 0.385. The Kier molecular flexibility index (Phi) is 5.07. The molecule has 0 amide bonds. The summed E-state index contributed by atoms with van der Waals surface area (Å²) in [6.07, 6.45) is 1.79. The van der Waals surface area contributed by atoms with Crippen LogP contribution in [-0.4, -0.2) is 31.7 Å². The first-order valence-corrected chi connectivity index (χ1v) is 11.6. The van der Waals surface area contributed by atoms with E-state index in [0.717, 1.165) is 41.5 Å². The van der Waals surface area contributed by atoms with Crippen LogP contribution in [0, 0.1) is 13.8 Å². The molecular weight excluding hydrogens is 412 g/mol. The third kappa shape index (κ3) is 3.52. The summed E-state index contributed by atoms with van der Waals surface area (Å²) in [6.45, 7) is 11.3. The van der Waals surface area contributed by atoms with Crippen LogP contribution in [0.1, 0.15) is 61.3 Å². The molecule has 1 aliphatic heterocycles. The molecule has 1 aliphatic rings. The quantitative estimate of drug-likeness (QED) is 0.495. The molecule has 0 fully saturated rings. The number of tetrazole rings is 1.